The molecule has 1 amide bonds. The number of thiocarbonyl (C=S) groups is 1. The second-order valence-corrected chi connectivity index (χ2v) is 8.63. The highest BCUT2D eigenvalue weighted by Gasteiger charge is 2.16. The summed E-state index contributed by atoms with van der Waals surface area (Å²) in [6.07, 6.45) is 0. The number of hydrogen-bond donors (Lipinski definition) is 2. The van der Waals surface area contributed by atoms with Crippen molar-refractivity contribution in [2.24, 2.45) is 0 Å². The number of non-ortho nitro benzene ring substituents is 1. The van der Waals surface area contributed by atoms with E-state index < -0.39 is 10.8 Å². The molecule has 0 saturated carbocycles. The van der Waals surface area contributed by atoms with Crippen LogP contribution >= 0.6 is 12.2 Å². The van der Waals surface area contributed by atoms with E-state index in [4.69, 9.17) is 21.4 Å². The molecule has 2 heterocycles. The first-order valence-electron chi connectivity index (χ1n) is 11.3. The van der Waals surface area contributed by atoms with Crippen LogP contribution in [0.1, 0.15) is 16.1 Å². The summed E-state index contributed by atoms with van der Waals surface area (Å²) in [6, 6.07) is 20.0. The van der Waals surface area contributed by atoms with Gasteiger partial charge >= 0.3 is 0 Å². The third kappa shape index (κ3) is 5.06. The van der Waals surface area contributed by atoms with Crippen molar-refractivity contribution in [3.8, 4) is 22.8 Å². The largest absolute Gasteiger partial charge is 0.497 e. The number of nitro benzene ring substituents is 1. The summed E-state index contributed by atoms with van der Waals surface area (Å²) in [7, 11) is 1.60. The SMILES string of the molecule is COc1ccc(-n2nc3cc(C)c(NC(=S)NC(=O)c4ccc(-c5cccc([N+](=O)[O-])c5)o4)cc3n2)cc1. The maximum atomic E-state index is 12.7. The summed E-state index contributed by atoms with van der Waals surface area (Å²) in [5.41, 5.74) is 4.01. The van der Waals surface area contributed by atoms with E-state index in [-0.39, 0.29) is 16.6 Å². The van der Waals surface area contributed by atoms with E-state index >= 15 is 0 Å². The number of nitrogens with one attached hydrogen (secondary N) is 2. The number of amides is 1. The highest BCUT2D eigenvalue weighted by atomic mass is 32.1. The number of carbonyl (C=O) groups is 1. The molecule has 5 rings (SSSR count). The Morgan fingerprint density at radius 3 is 2.50 bits per heavy atom. The lowest BCUT2D eigenvalue weighted by Gasteiger charge is -2.10. The third-order valence-electron chi connectivity index (χ3n) is 5.68. The minimum Gasteiger partial charge on any atom is -0.497 e. The van der Waals surface area contributed by atoms with Crippen LogP contribution in [-0.4, -0.2) is 38.0 Å². The van der Waals surface area contributed by atoms with Gasteiger partial charge in [-0.2, -0.15) is 4.80 Å². The summed E-state index contributed by atoms with van der Waals surface area (Å²) >= 11 is 5.33. The van der Waals surface area contributed by atoms with Gasteiger partial charge in [0.05, 0.1) is 17.7 Å². The van der Waals surface area contributed by atoms with E-state index in [2.05, 4.69) is 20.8 Å². The van der Waals surface area contributed by atoms with Crippen molar-refractivity contribution in [1.82, 2.24) is 20.3 Å². The molecule has 0 aliphatic heterocycles. The van der Waals surface area contributed by atoms with Crippen LogP contribution in [0.15, 0.2) is 77.2 Å². The second kappa shape index (κ2) is 10.1. The van der Waals surface area contributed by atoms with E-state index in [0.717, 1.165) is 17.0 Å². The van der Waals surface area contributed by atoms with Crippen molar-refractivity contribution in [1.29, 1.82) is 0 Å². The quantitative estimate of drug-likeness (QED) is 0.176. The van der Waals surface area contributed by atoms with E-state index in [0.29, 0.717) is 28.0 Å². The van der Waals surface area contributed by atoms with Gasteiger partial charge in [0.1, 0.15) is 22.5 Å². The molecule has 5 aromatic rings. The molecule has 0 unspecified atom stereocenters. The topological polar surface area (TPSA) is 137 Å². The molecule has 38 heavy (non-hydrogen) atoms. The molecule has 2 N–H and O–H groups in total. The zero-order chi connectivity index (χ0) is 26.8. The fourth-order valence-corrected chi connectivity index (χ4v) is 3.94. The Hall–Kier alpha value is -5.10. The molecule has 2 aromatic heterocycles. The molecular weight excluding hydrogens is 508 g/mol. The van der Waals surface area contributed by atoms with Crippen LogP contribution in [0.3, 0.4) is 0 Å². The number of aromatic nitrogens is 3. The lowest BCUT2D eigenvalue weighted by atomic mass is 10.1. The maximum Gasteiger partial charge on any atom is 0.293 e. The molecule has 0 aliphatic carbocycles. The van der Waals surface area contributed by atoms with Gasteiger partial charge in [-0.15, -0.1) is 10.2 Å². The van der Waals surface area contributed by atoms with Crippen molar-refractivity contribution >= 4 is 45.6 Å². The lowest BCUT2D eigenvalue weighted by Crippen LogP contribution is -2.34. The van der Waals surface area contributed by atoms with Gasteiger partial charge in [-0.25, -0.2) is 0 Å². The second-order valence-electron chi connectivity index (χ2n) is 8.22. The Balaban J connectivity index is 1.28. The molecule has 0 bridgehead atoms. The number of hydrogen-bond acceptors (Lipinski definition) is 8. The number of carbonyl (C=O) groups excluding carboxylic acids is 1. The summed E-state index contributed by atoms with van der Waals surface area (Å²) < 4.78 is 10.8. The zero-order valence-electron chi connectivity index (χ0n) is 20.2. The monoisotopic (exact) mass is 528 g/mol. The number of benzene rings is 3. The Morgan fingerprint density at radius 2 is 1.79 bits per heavy atom. The van der Waals surface area contributed by atoms with Crippen LogP contribution in [0.2, 0.25) is 0 Å². The number of aryl methyl sites for hydroxylation is 1. The number of furan rings is 1. The first-order valence-corrected chi connectivity index (χ1v) is 11.7. The summed E-state index contributed by atoms with van der Waals surface area (Å²) in [5.74, 6) is 0.491. The van der Waals surface area contributed by atoms with Crippen LogP contribution in [0, 0.1) is 17.0 Å². The van der Waals surface area contributed by atoms with Crippen LogP contribution in [0.25, 0.3) is 28.0 Å². The van der Waals surface area contributed by atoms with E-state index in [1.54, 1.807) is 31.4 Å². The van der Waals surface area contributed by atoms with Crippen molar-refractivity contribution in [3.63, 3.8) is 0 Å². The Bertz CT molecular complexity index is 1690. The average Bonchev–Trinajstić information content (AvgIpc) is 3.57. The fourth-order valence-electron chi connectivity index (χ4n) is 3.74. The van der Waals surface area contributed by atoms with Crippen LogP contribution in [-0.2, 0) is 0 Å². The summed E-state index contributed by atoms with van der Waals surface area (Å²) in [6.45, 7) is 1.89. The van der Waals surface area contributed by atoms with Gasteiger partial charge in [-0.05, 0) is 73.2 Å². The van der Waals surface area contributed by atoms with Crippen LogP contribution in [0.5, 0.6) is 5.75 Å². The van der Waals surface area contributed by atoms with Gasteiger partial charge in [-0.3, -0.25) is 20.2 Å². The van der Waals surface area contributed by atoms with E-state index in [1.165, 1.54) is 23.0 Å². The van der Waals surface area contributed by atoms with Crippen molar-refractivity contribution in [2.45, 2.75) is 6.92 Å². The summed E-state index contributed by atoms with van der Waals surface area (Å²) in [4.78, 5) is 24.8. The van der Waals surface area contributed by atoms with Gasteiger partial charge < -0.3 is 14.5 Å². The normalized spacial score (nSPS) is 10.8. The molecule has 0 spiro atoms. The Kier molecular flexibility index (Phi) is 6.54. The minimum atomic E-state index is -0.566. The number of ether oxygens (including phenoxy) is 1. The van der Waals surface area contributed by atoms with Gasteiger partial charge in [-0.1, -0.05) is 12.1 Å². The van der Waals surface area contributed by atoms with E-state index in [1.807, 2.05) is 37.3 Å². The number of nitrogens with zero attached hydrogens (tertiary/aromatic N) is 4. The number of anilines is 1. The number of nitro groups is 1. The van der Waals surface area contributed by atoms with E-state index in [9.17, 15) is 14.9 Å². The number of methoxy groups -OCH3 is 1. The van der Waals surface area contributed by atoms with Crippen LogP contribution in [0.4, 0.5) is 11.4 Å². The molecule has 190 valence electrons. The molecule has 12 heteroatoms. The van der Waals surface area contributed by atoms with Crippen LogP contribution < -0.4 is 15.4 Å². The molecule has 0 saturated heterocycles. The maximum absolute atomic E-state index is 12.7. The smallest absolute Gasteiger partial charge is 0.293 e. The molecular formula is C26H20N6O5S. The predicted molar refractivity (Wildman–Crippen MR) is 145 cm³/mol. The molecule has 0 radical (unpaired) electrons. The standard InChI is InChI=1S/C26H20N6O5S/c1-15-12-21-22(30-31(29-21)17-6-8-19(36-2)9-7-17)14-20(15)27-26(38)28-25(33)24-11-10-23(37-24)16-4-3-5-18(13-16)32(34)35/h3-14H,1-2H3,(H2,27,28,33,38). The minimum absolute atomic E-state index is 0.00487. The number of rotatable bonds is 6. The van der Waals surface area contributed by atoms with Crippen molar-refractivity contribution < 1.29 is 18.9 Å². The number of fused-ring (bicyclic) bond motifs is 1. The molecule has 0 aliphatic rings. The van der Waals surface area contributed by atoms with Gasteiger partial charge in [0, 0.05) is 23.4 Å². The predicted octanol–water partition coefficient (Wildman–Crippen LogP) is 5.03. The lowest BCUT2D eigenvalue weighted by molar-refractivity contribution is -0.384. The van der Waals surface area contributed by atoms with Gasteiger partial charge in [0.15, 0.2) is 10.9 Å². The molecule has 3 aromatic carbocycles. The summed E-state index contributed by atoms with van der Waals surface area (Å²) in [5, 5.41) is 25.8. The Morgan fingerprint density at radius 1 is 1.05 bits per heavy atom. The Labute approximate surface area is 221 Å². The van der Waals surface area contributed by atoms with Crippen molar-refractivity contribution in [3.05, 3.63) is 94.2 Å². The molecule has 11 nitrogen and oxygen atoms in total. The fraction of sp³-hybridized carbons (Fsp3) is 0.0769. The van der Waals surface area contributed by atoms with Crippen molar-refractivity contribution in [2.75, 3.05) is 12.4 Å². The highest BCUT2D eigenvalue weighted by Crippen LogP contribution is 2.26. The zero-order valence-corrected chi connectivity index (χ0v) is 21.0. The molecule has 0 atom stereocenters. The average molecular weight is 529 g/mol. The van der Waals surface area contributed by atoms with Gasteiger partial charge in [0.2, 0.25) is 0 Å². The van der Waals surface area contributed by atoms with Gasteiger partial charge in [0.25, 0.3) is 11.6 Å². The first-order chi connectivity index (χ1) is 18.3. The molecule has 0 fully saturated rings. The third-order valence-corrected chi connectivity index (χ3v) is 5.88. The first kappa shape index (κ1) is 24.6. The highest BCUT2D eigenvalue weighted by molar-refractivity contribution is 7.80.